The van der Waals surface area contributed by atoms with Crippen molar-refractivity contribution in [1.29, 1.82) is 0 Å². The molecule has 5 heteroatoms. The van der Waals surface area contributed by atoms with Gasteiger partial charge in [-0.05, 0) is 17.4 Å². The first-order valence-corrected chi connectivity index (χ1v) is 7.10. The summed E-state index contributed by atoms with van der Waals surface area (Å²) in [5.41, 5.74) is 0.440. The van der Waals surface area contributed by atoms with Gasteiger partial charge in [-0.2, -0.15) is 0 Å². The predicted octanol–water partition coefficient (Wildman–Crippen LogP) is 2.94. The minimum absolute atomic E-state index is 0.138. The summed E-state index contributed by atoms with van der Waals surface area (Å²) >= 11 is 0. The number of benzene rings is 1. The summed E-state index contributed by atoms with van der Waals surface area (Å²) in [6.45, 7) is 7.30. The molecule has 0 saturated carbocycles. The average molecular weight is 292 g/mol. The lowest BCUT2D eigenvalue weighted by atomic mass is 9.87. The van der Waals surface area contributed by atoms with Crippen molar-refractivity contribution in [1.82, 2.24) is 10.6 Å². The van der Waals surface area contributed by atoms with Crippen LogP contribution >= 0.6 is 0 Å². The first-order valence-electron chi connectivity index (χ1n) is 7.10. The Kier molecular flexibility index (Phi) is 5.76. The van der Waals surface area contributed by atoms with Crippen LogP contribution in [0, 0.1) is 5.41 Å². The summed E-state index contributed by atoms with van der Waals surface area (Å²) in [6, 6.07) is 8.06. The first-order chi connectivity index (χ1) is 9.75. The van der Waals surface area contributed by atoms with Gasteiger partial charge in [-0.25, -0.2) is 9.59 Å². The highest BCUT2D eigenvalue weighted by Crippen LogP contribution is 2.20. The van der Waals surface area contributed by atoms with Crippen molar-refractivity contribution in [3.63, 3.8) is 0 Å². The van der Waals surface area contributed by atoms with Crippen molar-refractivity contribution in [3.05, 3.63) is 35.9 Å². The van der Waals surface area contributed by atoms with E-state index in [9.17, 15) is 14.7 Å². The fraction of sp³-hybridized carbons (Fsp3) is 0.500. The SMILES string of the molecule is CCC(NC(=O)N[C@H](C(=O)O)C(C)(C)C)c1ccccc1. The van der Waals surface area contributed by atoms with Crippen LogP contribution in [0.25, 0.3) is 0 Å². The van der Waals surface area contributed by atoms with E-state index in [1.54, 1.807) is 20.8 Å². The van der Waals surface area contributed by atoms with Gasteiger partial charge in [-0.15, -0.1) is 0 Å². The highest BCUT2D eigenvalue weighted by molar-refractivity contribution is 5.83. The number of urea groups is 1. The van der Waals surface area contributed by atoms with Gasteiger partial charge in [0.2, 0.25) is 0 Å². The van der Waals surface area contributed by atoms with Gasteiger partial charge in [0.25, 0.3) is 0 Å². The Labute approximate surface area is 125 Å². The van der Waals surface area contributed by atoms with Gasteiger partial charge in [0.05, 0.1) is 6.04 Å². The van der Waals surface area contributed by atoms with Crippen molar-refractivity contribution in [3.8, 4) is 0 Å². The number of amides is 2. The van der Waals surface area contributed by atoms with Gasteiger partial charge < -0.3 is 15.7 Å². The lowest BCUT2D eigenvalue weighted by Gasteiger charge is -2.28. The zero-order valence-electron chi connectivity index (χ0n) is 13.0. The summed E-state index contributed by atoms with van der Waals surface area (Å²) in [5, 5.41) is 14.6. The van der Waals surface area contributed by atoms with E-state index in [0.29, 0.717) is 0 Å². The number of carboxylic acids is 1. The van der Waals surface area contributed by atoms with Gasteiger partial charge in [0, 0.05) is 0 Å². The van der Waals surface area contributed by atoms with E-state index in [1.165, 1.54) is 0 Å². The Balaban J connectivity index is 2.73. The maximum absolute atomic E-state index is 12.1. The van der Waals surface area contributed by atoms with Crippen LogP contribution < -0.4 is 10.6 Å². The molecule has 0 aromatic heterocycles. The minimum atomic E-state index is -1.04. The van der Waals surface area contributed by atoms with Crippen molar-refractivity contribution >= 4 is 12.0 Å². The smallest absolute Gasteiger partial charge is 0.326 e. The molecule has 116 valence electrons. The van der Waals surface area contributed by atoms with E-state index in [0.717, 1.165) is 12.0 Å². The molecule has 0 saturated heterocycles. The van der Waals surface area contributed by atoms with Gasteiger partial charge in [-0.1, -0.05) is 58.0 Å². The van der Waals surface area contributed by atoms with Crippen LogP contribution in [0.3, 0.4) is 0 Å². The zero-order valence-corrected chi connectivity index (χ0v) is 13.0. The molecule has 0 radical (unpaired) electrons. The highest BCUT2D eigenvalue weighted by atomic mass is 16.4. The number of rotatable bonds is 5. The van der Waals surface area contributed by atoms with Gasteiger partial charge in [0.1, 0.15) is 6.04 Å². The van der Waals surface area contributed by atoms with Crippen LogP contribution in [0.5, 0.6) is 0 Å². The van der Waals surface area contributed by atoms with Crippen LogP contribution in [-0.2, 0) is 4.79 Å². The second kappa shape index (κ2) is 7.11. The van der Waals surface area contributed by atoms with Crippen molar-refractivity contribution in [2.45, 2.75) is 46.2 Å². The highest BCUT2D eigenvalue weighted by Gasteiger charge is 2.32. The number of carbonyl (C=O) groups is 2. The molecular formula is C16H24N2O3. The third-order valence-electron chi connectivity index (χ3n) is 3.30. The molecule has 0 spiro atoms. The van der Waals surface area contributed by atoms with E-state index in [1.807, 2.05) is 37.3 Å². The Morgan fingerprint density at radius 3 is 2.14 bits per heavy atom. The van der Waals surface area contributed by atoms with Crippen LogP contribution in [0.4, 0.5) is 4.79 Å². The van der Waals surface area contributed by atoms with Crippen LogP contribution in [0.2, 0.25) is 0 Å². The van der Waals surface area contributed by atoms with E-state index >= 15 is 0 Å². The molecule has 0 aliphatic rings. The first kappa shape index (κ1) is 17.0. The molecule has 1 unspecified atom stereocenters. The van der Waals surface area contributed by atoms with Crippen molar-refractivity contribution < 1.29 is 14.7 Å². The molecule has 1 aromatic carbocycles. The molecule has 5 nitrogen and oxygen atoms in total. The normalized spacial score (nSPS) is 14.1. The number of hydrogen-bond acceptors (Lipinski definition) is 2. The fourth-order valence-electron chi connectivity index (χ4n) is 2.09. The number of hydrogen-bond donors (Lipinski definition) is 3. The molecule has 21 heavy (non-hydrogen) atoms. The van der Waals surface area contributed by atoms with Crippen molar-refractivity contribution in [2.24, 2.45) is 5.41 Å². The number of carbonyl (C=O) groups excluding carboxylic acids is 1. The molecule has 2 atom stereocenters. The summed E-state index contributed by atoms with van der Waals surface area (Å²) < 4.78 is 0. The average Bonchev–Trinajstić information content (AvgIpc) is 2.41. The molecule has 0 fully saturated rings. The molecule has 0 heterocycles. The number of aliphatic carboxylic acids is 1. The Bertz CT molecular complexity index is 480. The zero-order chi connectivity index (χ0) is 16.0. The van der Waals surface area contributed by atoms with Gasteiger partial charge in [0.15, 0.2) is 0 Å². The predicted molar refractivity (Wildman–Crippen MR) is 82.0 cm³/mol. The lowest BCUT2D eigenvalue weighted by Crippen LogP contribution is -2.52. The van der Waals surface area contributed by atoms with E-state index in [4.69, 9.17) is 0 Å². The summed E-state index contributed by atoms with van der Waals surface area (Å²) in [5.74, 6) is -1.04. The third kappa shape index (κ3) is 5.10. The number of carboxylic acid groups (broad SMARTS) is 1. The fourth-order valence-corrected chi connectivity index (χ4v) is 2.09. The molecule has 0 aliphatic carbocycles. The molecule has 3 N–H and O–H groups in total. The minimum Gasteiger partial charge on any atom is -0.480 e. The standard InChI is InChI=1S/C16H24N2O3/c1-5-12(11-9-7-6-8-10-11)17-15(21)18-13(14(19)20)16(2,3)4/h6-10,12-13H,5H2,1-4H3,(H,19,20)(H2,17,18,21)/t12?,13-/m1/s1. The van der Waals surface area contributed by atoms with Gasteiger partial charge in [-0.3, -0.25) is 0 Å². The number of nitrogens with one attached hydrogen (secondary N) is 2. The van der Waals surface area contributed by atoms with Crippen molar-refractivity contribution in [2.75, 3.05) is 0 Å². The summed E-state index contributed by atoms with van der Waals surface area (Å²) in [4.78, 5) is 23.3. The molecular weight excluding hydrogens is 268 g/mol. The van der Waals surface area contributed by atoms with E-state index in [2.05, 4.69) is 10.6 Å². The van der Waals surface area contributed by atoms with Crippen LogP contribution in [-0.4, -0.2) is 23.1 Å². The maximum Gasteiger partial charge on any atom is 0.326 e. The Morgan fingerprint density at radius 1 is 1.14 bits per heavy atom. The molecule has 1 rings (SSSR count). The van der Waals surface area contributed by atoms with Gasteiger partial charge >= 0.3 is 12.0 Å². The van der Waals surface area contributed by atoms with Crippen LogP contribution in [0.1, 0.15) is 45.7 Å². The monoisotopic (exact) mass is 292 g/mol. The topological polar surface area (TPSA) is 78.4 Å². The maximum atomic E-state index is 12.1. The molecule has 0 bridgehead atoms. The van der Waals surface area contributed by atoms with E-state index < -0.39 is 23.5 Å². The molecule has 0 aliphatic heterocycles. The quantitative estimate of drug-likeness (QED) is 0.780. The van der Waals surface area contributed by atoms with Crippen LogP contribution in [0.15, 0.2) is 30.3 Å². The molecule has 2 amide bonds. The third-order valence-corrected chi connectivity index (χ3v) is 3.30. The summed E-state index contributed by atoms with van der Waals surface area (Å²) in [6.07, 6.45) is 0.727. The lowest BCUT2D eigenvalue weighted by molar-refractivity contribution is -0.141. The second-order valence-corrected chi connectivity index (χ2v) is 6.13. The molecule has 1 aromatic rings. The Hall–Kier alpha value is -2.04. The Morgan fingerprint density at radius 2 is 1.71 bits per heavy atom. The largest absolute Gasteiger partial charge is 0.480 e. The summed E-state index contributed by atoms with van der Waals surface area (Å²) in [7, 11) is 0. The second-order valence-electron chi connectivity index (χ2n) is 6.13. The van der Waals surface area contributed by atoms with E-state index in [-0.39, 0.29) is 6.04 Å².